The van der Waals surface area contributed by atoms with Crippen molar-refractivity contribution in [3.63, 3.8) is 0 Å². The molecular formula is C15H19N3OS. The van der Waals surface area contributed by atoms with E-state index in [1.807, 2.05) is 56.5 Å². The Balaban J connectivity index is 2.03. The van der Waals surface area contributed by atoms with E-state index in [4.69, 9.17) is 0 Å². The van der Waals surface area contributed by atoms with Gasteiger partial charge < -0.3 is 10.6 Å². The minimum atomic E-state index is -0.163. The lowest BCUT2D eigenvalue weighted by Gasteiger charge is -2.14. The molecule has 2 rings (SSSR count). The van der Waals surface area contributed by atoms with E-state index < -0.39 is 0 Å². The van der Waals surface area contributed by atoms with Gasteiger partial charge in [-0.3, -0.25) is 0 Å². The van der Waals surface area contributed by atoms with Crippen molar-refractivity contribution in [3.8, 4) is 11.3 Å². The number of hydrogen-bond donors (Lipinski definition) is 2. The Morgan fingerprint density at radius 1 is 1.15 bits per heavy atom. The highest BCUT2D eigenvalue weighted by molar-refractivity contribution is 7.10. The second kappa shape index (κ2) is 6.52. The van der Waals surface area contributed by atoms with Gasteiger partial charge in [-0.25, -0.2) is 9.78 Å². The number of urea groups is 1. The number of hydrogen-bond acceptors (Lipinski definition) is 3. The van der Waals surface area contributed by atoms with E-state index >= 15 is 0 Å². The zero-order valence-electron chi connectivity index (χ0n) is 11.9. The molecule has 0 aliphatic rings. The summed E-state index contributed by atoms with van der Waals surface area (Å²) in [6.45, 7) is 5.80. The van der Waals surface area contributed by atoms with E-state index in [1.54, 1.807) is 11.3 Å². The van der Waals surface area contributed by atoms with E-state index in [0.29, 0.717) is 0 Å². The number of thiazole rings is 1. The first-order valence-electron chi connectivity index (χ1n) is 6.64. The Bertz CT molecular complexity index is 566. The molecule has 2 N–H and O–H groups in total. The third-order valence-electron chi connectivity index (χ3n) is 2.73. The maximum absolute atomic E-state index is 11.7. The molecule has 0 aliphatic carbocycles. The van der Waals surface area contributed by atoms with Crippen LogP contribution in [-0.4, -0.2) is 17.1 Å². The van der Waals surface area contributed by atoms with Gasteiger partial charge in [0.15, 0.2) is 0 Å². The van der Waals surface area contributed by atoms with E-state index in [1.165, 1.54) is 0 Å². The number of aromatic nitrogens is 1. The van der Waals surface area contributed by atoms with Gasteiger partial charge in [-0.15, -0.1) is 11.3 Å². The first kappa shape index (κ1) is 14.5. The molecule has 106 valence electrons. The molecule has 2 aromatic rings. The van der Waals surface area contributed by atoms with Gasteiger partial charge >= 0.3 is 6.03 Å². The summed E-state index contributed by atoms with van der Waals surface area (Å²) in [5, 5.41) is 8.62. The maximum atomic E-state index is 11.7. The lowest BCUT2D eigenvalue weighted by atomic mass is 10.2. The number of carbonyl (C=O) groups excluding carboxylic acids is 1. The second-order valence-corrected chi connectivity index (χ2v) is 5.82. The zero-order chi connectivity index (χ0) is 14.5. The molecule has 0 spiro atoms. The van der Waals surface area contributed by atoms with Gasteiger partial charge in [-0.1, -0.05) is 30.3 Å². The number of carbonyl (C=O) groups is 1. The van der Waals surface area contributed by atoms with Crippen molar-refractivity contribution in [1.29, 1.82) is 0 Å². The van der Waals surface area contributed by atoms with Crippen LogP contribution in [0.2, 0.25) is 0 Å². The molecule has 0 fully saturated rings. The molecule has 0 radical (unpaired) electrons. The van der Waals surface area contributed by atoms with Crippen molar-refractivity contribution >= 4 is 17.4 Å². The molecule has 1 heterocycles. The molecule has 1 aromatic carbocycles. The van der Waals surface area contributed by atoms with E-state index in [0.717, 1.165) is 16.3 Å². The lowest BCUT2D eigenvalue weighted by molar-refractivity contribution is 0.235. The van der Waals surface area contributed by atoms with Gasteiger partial charge in [0, 0.05) is 17.0 Å². The van der Waals surface area contributed by atoms with Crippen LogP contribution < -0.4 is 10.6 Å². The number of amides is 2. The number of nitrogens with zero attached hydrogens (tertiary/aromatic N) is 1. The summed E-state index contributed by atoms with van der Waals surface area (Å²) in [5.74, 6) is 0. The number of rotatable bonds is 4. The Labute approximate surface area is 123 Å². The van der Waals surface area contributed by atoms with Crippen molar-refractivity contribution in [1.82, 2.24) is 15.6 Å². The Kier molecular flexibility index (Phi) is 4.74. The fourth-order valence-electron chi connectivity index (χ4n) is 1.79. The van der Waals surface area contributed by atoms with Gasteiger partial charge in [0.25, 0.3) is 0 Å². The van der Waals surface area contributed by atoms with Gasteiger partial charge in [0.2, 0.25) is 0 Å². The summed E-state index contributed by atoms with van der Waals surface area (Å²) in [7, 11) is 0. The Morgan fingerprint density at radius 3 is 2.50 bits per heavy atom. The SMILES string of the molecule is CC(C)NC(=O)N[C@@H](C)c1nc(-c2ccccc2)cs1. The van der Waals surface area contributed by atoms with Crippen molar-refractivity contribution in [2.75, 3.05) is 0 Å². The highest BCUT2D eigenvalue weighted by Crippen LogP contribution is 2.25. The summed E-state index contributed by atoms with van der Waals surface area (Å²) < 4.78 is 0. The fourth-order valence-corrected chi connectivity index (χ4v) is 2.63. The average molecular weight is 289 g/mol. The summed E-state index contributed by atoms with van der Waals surface area (Å²) in [5.41, 5.74) is 2.04. The average Bonchev–Trinajstić information content (AvgIpc) is 2.88. The fraction of sp³-hybridized carbons (Fsp3) is 0.333. The normalized spacial score (nSPS) is 12.2. The quantitative estimate of drug-likeness (QED) is 0.904. The van der Waals surface area contributed by atoms with Gasteiger partial charge in [-0.05, 0) is 20.8 Å². The monoisotopic (exact) mass is 289 g/mol. The molecule has 20 heavy (non-hydrogen) atoms. The number of nitrogens with one attached hydrogen (secondary N) is 2. The summed E-state index contributed by atoms with van der Waals surface area (Å²) in [4.78, 5) is 16.3. The predicted molar refractivity (Wildman–Crippen MR) is 82.8 cm³/mol. The first-order valence-corrected chi connectivity index (χ1v) is 7.52. The minimum absolute atomic E-state index is 0.101. The summed E-state index contributed by atoms with van der Waals surface area (Å²) >= 11 is 1.56. The van der Waals surface area contributed by atoms with Crippen molar-refractivity contribution in [3.05, 3.63) is 40.7 Å². The second-order valence-electron chi connectivity index (χ2n) is 4.93. The molecule has 0 bridgehead atoms. The predicted octanol–water partition coefficient (Wildman–Crippen LogP) is 3.58. The lowest BCUT2D eigenvalue weighted by Crippen LogP contribution is -2.40. The zero-order valence-corrected chi connectivity index (χ0v) is 12.7. The van der Waals surface area contributed by atoms with Crippen LogP contribution in [0.15, 0.2) is 35.7 Å². The standard InChI is InChI=1S/C15H19N3OS/c1-10(2)16-15(19)17-11(3)14-18-13(9-20-14)12-7-5-4-6-8-12/h4-11H,1-3H3,(H2,16,17,19)/t11-/m0/s1. The summed E-state index contributed by atoms with van der Waals surface area (Å²) in [6.07, 6.45) is 0. The molecule has 0 unspecified atom stereocenters. The van der Waals surface area contributed by atoms with Crippen LogP contribution in [0, 0.1) is 0 Å². The molecule has 0 aliphatic heterocycles. The molecule has 2 amide bonds. The topological polar surface area (TPSA) is 54.0 Å². The molecular weight excluding hydrogens is 270 g/mol. The smallest absolute Gasteiger partial charge is 0.315 e. The highest BCUT2D eigenvalue weighted by atomic mass is 32.1. The van der Waals surface area contributed by atoms with Crippen LogP contribution in [0.4, 0.5) is 4.79 Å². The van der Waals surface area contributed by atoms with E-state index in [-0.39, 0.29) is 18.1 Å². The van der Waals surface area contributed by atoms with Gasteiger partial charge in [-0.2, -0.15) is 0 Å². The van der Waals surface area contributed by atoms with Crippen LogP contribution >= 0.6 is 11.3 Å². The Morgan fingerprint density at radius 2 is 1.85 bits per heavy atom. The highest BCUT2D eigenvalue weighted by Gasteiger charge is 2.14. The van der Waals surface area contributed by atoms with Crippen LogP contribution in [-0.2, 0) is 0 Å². The van der Waals surface area contributed by atoms with Crippen LogP contribution in [0.3, 0.4) is 0 Å². The van der Waals surface area contributed by atoms with Gasteiger partial charge in [0.1, 0.15) is 5.01 Å². The molecule has 5 heteroatoms. The molecule has 1 aromatic heterocycles. The molecule has 1 atom stereocenters. The van der Waals surface area contributed by atoms with Crippen molar-refractivity contribution in [2.45, 2.75) is 32.9 Å². The molecule has 4 nitrogen and oxygen atoms in total. The van der Waals surface area contributed by atoms with Crippen LogP contribution in [0.1, 0.15) is 31.8 Å². The molecule has 0 saturated heterocycles. The third kappa shape index (κ3) is 3.81. The van der Waals surface area contributed by atoms with E-state index in [9.17, 15) is 4.79 Å². The largest absolute Gasteiger partial charge is 0.336 e. The minimum Gasteiger partial charge on any atom is -0.336 e. The van der Waals surface area contributed by atoms with Crippen LogP contribution in [0.25, 0.3) is 11.3 Å². The third-order valence-corrected chi connectivity index (χ3v) is 3.76. The molecule has 0 saturated carbocycles. The van der Waals surface area contributed by atoms with Crippen molar-refractivity contribution < 1.29 is 4.79 Å². The summed E-state index contributed by atoms with van der Waals surface area (Å²) in [6, 6.07) is 9.89. The maximum Gasteiger partial charge on any atom is 0.315 e. The van der Waals surface area contributed by atoms with Gasteiger partial charge in [0.05, 0.1) is 11.7 Å². The number of benzene rings is 1. The Hall–Kier alpha value is -1.88. The van der Waals surface area contributed by atoms with Crippen LogP contribution in [0.5, 0.6) is 0 Å². The van der Waals surface area contributed by atoms with E-state index in [2.05, 4.69) is 15.6 Å². The van der Waals surface area contributed by atoms with Crippen molar-refractivity contribution in [2.24, 2.45) is 0 Å². The first-order chi connectivity index (χ1) is 9.56.